The normalized spacial score (nSPS) is 15.2. The Bertz CT molecular complexity index is 1200. The zero-order valence-electron chi connectivity index (χ0n) is 17.6. The molecule has 1 aliphatic carbocycles. The molecule has 1 aromatic heterocycles. The van der Waals surface area contributed by atoms with Crippen LogP contribution in [0.5, 0.6) is 5.75 Å². The number of hydrogen-bond acceptors (Lipinski definition) is 6. The van der Waals surface area contributed by atoms with Crippen LogP contribution in [0, 0.1) is 0 Å². The molecule has 0 fully saturated rings. The summed E-state index contributed by atoms with van der Waals surface area (Å²) in [5.41, 5.74) is 4.72. The van der Waals surface area contributed by atoms with Gasteiger partial charge in [-0.2, -0.15) is 0 Å². The molecule has 31 heavy (non-hydrogen) atoms. The minimum absolute atomic E-state index is 0.220. The third kappa shape index (κ3) is 3.56. The van der Waals surface area contributed by atoms with Gasteiger partial charge < -0.3 is 18.8 Å². The van der Waals surface area contributed by atoms with Gasteiger partial charge in [0.05, 0.1) is 24.3 Å². The highest BCUT2D eigenvalue weighted by Crippen LogP contribution is 2.36. The summed E-state index contributed by atoms with van der Waals surface area (Å²) >= 11 is 0. The van der Waals surface area contributed by atoms with Crippen molar-refractivity contribution < 1.29 is 18.7 Å². The van der Waals surface area contributed by atoms with Gasteiger partial charge >= 0.3 is 11.6 Å². The monoisotopic (exact) mass is 419 g/mol. The van der Waals surface area contributed by atoms with Crippen molar-refractivity contribution in [2.75, 3.05) is 18.2 Å². The zero-order valence-corrected chi connectivity index (χ0v) is 17.6. The fourth-order valence-electron chi connectivity index (χ4n) is 4.47. The summed E-state index contributed by atoms with van der Waals surface area (Å²) in [6, 6.07) is 11.3. The van der Waals surface area contributed by atoms with E-state index in [0.717, 1.165) is 65.6 Å². The second-order valence-corrected chi connectivity index (χ2v) is 8.13. The third-order valence-electron chi connectivity index (χ3n) is 6.08. The molecule has 5 rings (SSSR count). The molecule has 0 saturated heterocycles. The SMILES string of the molecule is CCCOC(=O)c1ccc(N2COc3ccc4c5c(c(=O)oc4c3C2)CCCC5)cc1. The first kappa shape index (κ1) is 19.7. The summed E-state index contributed by atoms with van der Waals surface area (Å²) < 4.78 is 17.0. The van der Waals surface area contributed by atoms with Crippen molar-refractivity contribution in [2.24, 2.45) is 0 Å². The Labute approximate surface area is 180 Å². The molecule has 0 bridgehead atoms. The standard InChI is InChI=1S/C25H25NO5/c1-2-13-29-24(27)16-7-9-17(10-8-16)26-14-21-22(30-15-26)12-11-19-18-5-3-4-6-20(18)25(28)31-23(19)21/h7-12H,2-6,13-15H2,1H3. The van der Waals surface area contributed by atoms with E-state index in [1.807, 2.05) is 31.2 Å². The first-order valence-electron chi connectivity index (χ1n) is 10.9. The van der Waals surface area contributed by atoms with Crippen molar-refractivity contribution in [1.29, 1.82) is 0 Å². The third-order valence-corrected chi connectivity index (χ3v) is 6.08. The Morgan fingerprint density at radius 2 is 1.81 bits per heavy atom. The van der Waals surface area contributed by atoms with E-state index >= 15 is 0 Å². The minimum Gasteiger partial charge on any atom is -0.473 e. The second kappa shape index (κ2) is 8.10. The maximum atomic E-state index is 12.6. The quantitative estimate of drug-likeness (QED) is 0.455. The lowest BCUT2D eigenvalue weighted by atomic mass is 9.90. The largest absolute Gasteiger partial charge is 0.473 e. The molecule has 0 amide bonds. The second-order valence-electron chi connectivity index (χ2n) is 8.13. The predicted octanol–water partition coefficient (Wildman–Crippen LogP) is 4.60. The van der Waals surface area contributed by atoms with E-state index in [4.69, 9.17) is 13.9 Å². The summed E-state index contributed by atoms with van der Waals surface area (Å²) in [4.78, 5) is 26.7. The molecular weight excluding hydrogens is 394 g/mol. The molecule has 2 heterocycles. The van der Waals surface area contributed by atoms with Gasteiger partial charge in [-0.3, -0.25) is 0 Å². The van der Waals surface area contributed by atoms with E-state index in [9.17, 15) is 9.59 Å². The Morgan fingerprint density at radius 1 is 1.03 bits per heavy atom. The molecule has 6 nitrogen and oxygen atoms in total. The molecule has 160 valence electrons. The molecule has 0 saturated carbocycles. The molecule has 2 aromatic carbocycles. The average Bonchev–Trinajstić information content (AvgIpc) is 2.82. The Kier molecular flexibility index (Phi) is 5.14. The fourth-order valence-corrected chi connectivity index (χ4v) is 4.47. The van der Waals surface area contributed by atoms with Crippen LogP contribution in [-0.2, 0) is 24.1 Å². The van der Waals surface area contributed by atoms with Gasteiger partial charge in [0.2, 0.25) is 0 Å². The highest BCUT2D eigenvalue weighted by Gasteiger charge is 2.25. The van der Waals surface area contributed by atoms with E-state index in [0.29, 0.717) is 31.0 Å². The van der Waals surface area contributed by atoms with Gasteiger partial charge in [-0.1, -0.05) is 6.92 Å². The molecule has 0 atom stereocenters. The number of anilines is 1. The van der Waals surface area contributed by atoms with Gasteiger partial charge in [0.1, 0.15) is 11.3 Å². The summed E-state index contributed by atoms with van der Waals surface area (Å²) in [6.45, 7) is 3.33. The molecule has 0 radical (unpaired) electrons. The number of rotatable bonds is 4. The summed E-state index contributed by atoms with van der Waals surface area (Å²) in [5.74, 6) is 0.439. The molecule has 2 aliphatic rings. The zero-order chi connectivity index (χ0) is 21.4. The van der Waals surface area contributed by atoms with Crippen molar-refractivity contribution in [3.63, 3.8) is 0 Å². The van der Waals surface area contributed by atoms with Gasteiger partial charge in [0.15, 0.2) is 6.73 Å². The fraction of sp³-hybridized carbons (Fsp3) is 0.360. The number of hydrogen-bond donors (Lipinski definition) is 0. The van der Waals surface area contributed by atoms with E-state index < -0.39 is 0 Å². The smallest absolute Gasteiger partial charge is 0.339 e. The van der Waals surface area contributed by atoms with Gasteiger partial charge in [0.25, 0.3) is 0 Å². The van der Waals surface area contributed by atoms with E-state index in [1.165, 1.54) is 0 Å². The first-order valence-corrected chi connectivity index (χ1v) is 10.9. The van der Waals surface area contributed by atoms with E-state index in [-0.39, 0.29) is 11.6 Å². The van der Waals surface area contributed by atoms with Crippen LogP contribution in [0.4, 0.5) is 5.69 Å². The van der Waals surface area contributed by atoms with Crippen molar-refractivity contribution in [1.82, 2.24) is 0 Å². The number of esters is 1. The molecule has 0 spiro atoms. The van der Waals surface area contributed by atoms with Crippen molar-refractivity contribution in [3.8, 4) is 5.75 Å². The van der Waals surface area contributed by atoms with Crippen LogP contribution < -0.4 is 15.3 Å². The van der Waals surface area contributed by atoms with Crippen LogP contribution in [0.25, 0.3) is 11.0 Å². The topological polar surface area (TPSA) is 69.0 Å². The van der Waals surface area contributed by atoms with E-state index in [2.05, 4.69) is 4.90 Å². The van der Waals surface area contributed by atoms with Crippen LogP contribution in [0.15, 0.2) is 45.6 Å². The van der Waals surface area contributed by atoms with Gasteiger partial charge in [-0.15, -0.1) is 0 Å². The number of aryl methyl sites for hydroxylation is 1. The van der Waals surface area contributed by atoms with Gasteiger partial charge in [-0.25, -0.2) is 9.59 Å². The Hall–Kier alpha value is -3.28. The van der Waals surface area contributed by atoms with E-state index in [1.54, 1.807) is 12.1 Å². The number of ether oxygens (including phenoxy) is 2. The van der Waals surface area contributed by atoms with Crippen LogP contribution in [0.2, 0.25) is 0 Å². The Balaban J connectivity index is 1.46. The number of fused-ring (bicyclic) bond motifs is 5. The minimum atomic E-state index is -0.314. The highest BCUT2D eigenvalue weighted by atomic mass is 16.5. The number of benzene rings is 2. The molecule has 0 N–H and O–H groups in total. The van der Waals surface area contributed by atoms with Crippen molar-refractivity contribution in [3.05, 3.63) is 69.1 Å². The number of carbonyl (C=O) groups is 1. The summed E-state index contributed by atoms with van der Waals surface area (Å²) in [5, 5.41) is 1.02. The first-order chi connectivity index (χ1) is 15.2. The van der Waals surface area contributed by atoms with Crippen LogP contribution >= 0.6 is 0 Å². The van der Waals surface area contributed by atoms with Crippen LogP contribution in [0.3, 0.4) is 0 Å². The summed E-state index contributed by atoms with van der Waals surface area (Å²) in [7, 11) is 0. The highest BCUT2D eigenvalue weighted by molar-refractivity contribution is 5.90. The van der Waals surface area contributed by atoms with Crippen molar-refractivity contribution >= 4 is 22.6 Å². The maximum Gasteiger partial charge on any atom is 0.339 e. The van der Waals surface area contributed by atoms with Crippen LogP contribution in [0.1, 0.15) is 53.2 Å². The van der Waals surface area contributed by atoms with Gasteiger partial charge in [-0.05, 0) is 74.1 Å². The predicted molar refractivity (Wildman–Crippen MR) is 118 cm³/mol. The molecule has 1 aliphatic heterocycles. The van der Waals surface area contributed by atoms with Crippen LogP contribution in [-0.4, -0.2) is 19.3 Å². The molecule has 3 aromatic rings. The molecule has 6 heteroatoms. The number of nitrogens with zero attached hydrogens (tertiary/aromatic N) is 1. The lowest BCUT2D eigenvalue weighted by Gasteiger charge is -2.31. The lowest BCUT2D eigenvalue weighted by molar-refractivity contribution is 0.0505. The Morgan fingerprint density at radius 3 is 2.58 bits per heavy atom. The maximum absolute atomic E-state index is 12.6. The average molecular weight is 419 g/mol. The lowest BCUT2D eigenvalue weighted by Crippen LogP contribution is -2.32. The molecular formula is C25H25NO5. The molecule has 0 unspecified atom stereocenters. The summed E-state index contributed by atoms with van der Waals surface area (Å²) in [6.07, 6.45) is 4.63. The van der Waals surface area contributed by atoms with Crippen molar-refractivity contribution in [2.45, 2.75) is 45.6 Å². The number of carbonyl (C=O) groups excluding carboxylic acids is 1. The van der Waals surface area contributed by atoms with Gasteiger partial charge in [0, 0.05) is 16.6 Å².